The van der Waals surface area contributed by atoms with Gasteiger partial charge in [-0.3, -0.25) is 4.79 Å². The third-order valence-corrected chi connectivity index (χ3v) is 3.28. The molecule has 0 radical (unpaired) electrons. The van der Waals surface area contributed by atoms with Gasteiger partial charge in [-0.1, -0.05) is 12.5 Å². The average molecular weight is 276 g/mol. The number of hydrogen-bond donors (Lipinski definition) is 1. The lowest BCUT2D eigenvalue weighted by atomic mass is 10.0. The Labute approximate surface area is 119 Å². The Morgan fingerprint density at radius 2 is 2.10 bits per heavy atom. The van der Waals surface area contributed by atoms with Crippen LogP contribution >= 0.6 is 0 Å². The van der Waals surface area contributed by atoms with Gasteiger partial charge in [-0.2, -0.15) is 0 Å². The highest BCUT2D eigenvalue weighted by Crippen LogP contribution is 2.29. The van der Waals surface area contributed by atoms with Crippen molar-refractivity contribution in [2.45, 2.75) is 31.8 Å². The van der Waals surface area contributed by atoms with E-state index < -0.39 is 6.10 Å². The number of carbonyl (C=O) groups excluding carboxylic acids is 1. The van der Waals surface area contributed by atoms with Gasteiger partial charge >= 0.3 is 0 Å². The molecular formula is C16H20O4. The summed E-state index contributed by atoms with van der Waals surface area (Å²) in [5.41, 5.74) is 1.84. The summed E-state index contributed by atoms with van der Waals surface area (Å²) in [6, 6.07) is 5.71. The van der Waals surface area contributed by atoms with Gasteiger partial charge in [0.15, 0.2) is 12.4 Å². The van der Waals surface area contributed by atoms with Crippen molar-refractivity contribution in [1.82, 2.24) is 0 Å². The molecule has 1 heterocycles. The number of aliphatic hydroxyl groups is 1. The zero-order valence-corrected chi connectivity index (χ0v) is 11.5. The molecule has 0 spiro atoms. The van der Waals surface area contributed by atoms with E-state index in [-0.39, 0.29) is 6.61 Å². The predicted molar refractivity (Wildman–Crippen MR) is 76.4 cm³/mol. The fourth-order valence-corrected chi connectivity index (χ4v) is 2.17. The molecule has 1 aromatic rings. The third-order valence-electron chi connectivity index (χ3n) is 3.28. The van der Waals surface area contributed by atoms with Crippen LogP contribution in [0.4, 0.5) is 0 Å². The third kappa shape index (κ3) is 3.84. The van der Waals surface area contributed by atoms with Gasteiger partial charge in [0.25, 0.3) is 0 Å². The summed E-state index contributed by atoms with van der Waals surface area (Å²) in [7, 11) is 0. The van der Waals surface area contributed by atoms with Crippen LogP contribution in [-0.2, 0) is 9.53 Å². The fourth-order valence-electron chi connectivity index (χ4n) is 2.17. The Balaban J connectivity index is 1.87. The quantitative estimate of drug-likeness (QED) is 0.586. The lowest BCUT2D eigenvalue weighted by molar-refractivity contribution is -0.115. The first-order valence-electron chi connectivity index (χ1n) is 7.00. The number of ether oxygens (including phenoxy) is 2. The lowest BCUT2D eigenvalue weighted by Gasteiger charge is -2.19. The number of unbranched alkanes of at least 4 members (excludes halogenated alkanes) is 3. The molecule has 4 heteroatoms. The molecule has 0 saturated carbocycles. The van der Waals surface area contributed by atoms with Gasteiger partial charge in [0, 0.05) is 12.2 Å². The maximum Gasteiger partial charge on any atom is 0.178 e. The largest absolute Gasteiger partial charge is 0.494 e. The second-order valence-corrected chi connectivity index (χ2v) is 4.77. The number of fused-ring (bicyclic) bond motifs is 1. The van der Waals surface area contributed by atoms with Crippen molar-refractivity contribution in [2.75, 3.05) is 13.2 Å². The van der Waals surface area contributed by atoms with E-state index in [9.17, 15) is 4.79 Å². The van der Waals surface area contributed by atoms with Crippen LogP contribution in [0.5, 0.6) is 5.75 Å². The highest BCUT2D eigenvalue weighted by Gasteiger charge is 2.18. The van der Waals surface area contributed by atoms with Crippen molar-refractivity contribution in [3.05, 3.63) is 35.6 Å². The van der Waals surface area contributed by atoms with Crippen molar-refractivity contribution >= 4 is 12.4 Å². The van der Waals surface area contributed by atoms with Crippen molar-refractivity contribution in [2.24, 2.45) is 0 Å². The van der Waals surface area contributed by atoms with Crippen LogP contribution in [0.2, 0.25) is 0 Å². The molecule has 1 unspecified atom stereocenters. The molecule has 1 aliphatic rings. The normalized spacial score (nSPS) is 16.4. The summed E-state index contributed by atoms with van der Waals surface area (Å²) in [5, 5.41) is 8.68. The van der Waals surface area contributed by atoms with Crippen LogP contribution in [0.3, 0.4) is 0 Å². The minimum absolute atomic E-state index is 0.256. The number of aldehydes is 1. The Kier molecular flexibility index (Phi) is 5.62. The van der Waals surface area contributed by atoms with Crippen LogP contribution in [0.1, 0.15) is 42.9 Å². The van der Waals surface area contributed by atoms with E-state index in [1.54, 1.807) is 6.26 Å². The molecular weight excluding hydrogens is 256 g/mol. The molecule has 0 fully saturated rings. The SMILES string of the molecule is O=CC1OC=Cc2ccc(OCCCCCCO)cc21. The second kappa shape index (κ2) is 7.70. The number of aliphatic hydroxyl groups excluding tert-OH is 1. The van der Waals surface area contributed by atoms with Gasteiger partial charge in [0.1, 0.15) is 5.75 Å². The zero-order valence-electron chi connectivity index (χ0n) is 11.5. The standard InChI is InChI=1S/C16H20O4/c17-8-3-1-2-4-9-19-14-6-5-13-7-10-20-16(12-18)15(13)11-14/h5-7,10-12,16-17H,1-4,8-9H2. The first-order valence-corrected chi connectivity index (χ1v) is 7.00. The summed E-state index contributed by atoms with van der Waals surface area (Å²) < 4.78 is 10.9. The number of hydrogen-bond acceptors (Lipinski definition) is 4. The van der Waals surface area contributed by atoms with Crippen LogP contribution in [-0.4, -0.2) is 24.6 Å². The van der Waals surface area contributed by atoms with E-state index in [0.29, 0.717) is 6.61 Å². The second-order valence-electron chi connectivity index (χ2n) is 4.77. The van der Waals surface area contributed by atoms with Gasteiger partial charge in [-0.05, 0) is 43.0 Å². The van der Waals surface area contributed by atoms with Crippen LogP contribution in [0.15, 0.2) is 24.5 Å². The Hall–Kier alpha value is -1.81. The fraction of sp³-hybridized carbons (Fsp3) is 0.438. The van der Waals surface area contributed by atoms with Gasteiger partial charge < -0.3 is 14.6 Å². The minimum atomic E-state index is -0.539. The molecule has 0 bridgehead atoms. The lowest BCUT2D eigenvalue weighted by Crippen LogP contribution is -2.08. The smallest absolute Gasteiger partial charge is 0.178 e. The zero-order chi connectivity index (χ0) is 14.2. The molecule has 1 aliphatic heterocycles. The summed E-state index contributed by atoms with van der Waals surface area (Å²) in [6.45, 7) is 0.902. The van der Waals surface area contributed by atoms with Crippen molar-refractivity contribution in [3.8, 4) is 5.75 Å². The van der Waals surface area contributed by atoms with Crippen LogP contribution < -0.4 is 4.74 Å². The molecule has 1 atom stereocenters. The molecule has 108 valence electrons. The monoisotopic (exact) mass is 276 g/mol. The highest BCUT2D eigenvalue weighted by atomic mass is 16.5. The number of rotatable bonds is 8. The highest BCUT2D eigenvalue weighted by molar-refractivity contribution is 5.68. The number of carbonyl (C=O) groups is 1. The van der Waals surface area contributed by atoms with E-state index in [0.717, 1.165) is 48.8 Å². The van der Waals surface area contributed by atoms with Gasteiger partial charge in [0.05, 0.1) is 12.9 Å². The van der Waals surface area contributed by atoms with Crippen molar-refractivity contribution in [1.29, 1.82) is 0 Å². The molecule has 0 aromatic heterocycles. The van der Waals surface area contributed by atoms with Crippen molar-refractivity contribution in [3.63, 3.8) is 0 Å². The van der Waals surface area contributed by atoms with Crippen LogP contribution in [0.25, 0.3) is 6.08 Å². The van der Waals surface area contributed by atoms with Crippen molar-refractivity contribution < 1.29 is 19.4 Å². The van der Waals surface area contributed by atoms with Gasteiger partial charge in [-0.15, -0.1) is 0 Å². The summed E-state index contributed by atoms with van der Waals surface area (Å²) in [5.74, 6) is 0.761. The maximum absolute atomic E-state index is 11.0. The summed E-state index contributed by atoms with van der Waals surface area (Å²) >= 11 is 0. The van der Waals surface area contributed by atoms with E-state index in [4.69, 9.17) is 14.6 Å². The van der Waals surface area contributed by atoms with E-state index in [2.05, 4.69) is 0 Å². The van der Waals surface area contributed by atoms with E-state index in [1.807, 2.05) is 24.3 Å². The maximum atomic E-state index is 11.0. The average Bonchev–Trinajstić information content (AvgIpc) is 2.50. The Morgan fingerprint density at radius 3 is 2.90 bits per heavy atom. The van der Waals surface area contributed by atoms with Crippen LogP contribution in [0, 0.1) is 0 Å². The summed E-state index contributed by atoms with van der Waals surface area (Å²) in [4.78, 5) is 11.0. The molecule has 4 nitrogen and oxygen atoms in total. The molecule has 1 N–H and O–H groups in total. The number of benzene rings is 1. The topological polar surface area (TPSA) is 55.8 Å². The molecule has 0 amide bonds. The summed E-state index contributed by atoms with van der Waals surface area (Å²) in [6.07, 6.45) is 7.53. The molecule has 20 heavy (non-hydrogen) atoms. The van der Waals surface area contributed by atoms with Gasteiger partial charge in [-0.25, -0.2) is 0 Å². The molecule has 2 rings (SSSR count). The Bertz CT molecular complexity index is 468. The van der Waals surface area contributed by atoms with Gasteiger partial charge in [0.2, 0.25) is 0 Å². The predicted octanol–water partition coefficient (Wildman–Crippen LogP) is 2.86. The van der Waals surface area contributed by atoms with E-state index >= 15 is 0 Å². The Morgan fingerprint density at radius 1 is 1.25 bits per heavy atom. The minimum Gasteiger partial charge on any atom is -0.494 e. The first-order chi connectivity index (χ1) is 9.85. The first kappa shape index (κ1) is 14.6. The van der Waals surface area contributed by atoms with E-state index in [1.165, 1.54) is 0 Å². The molecule has 0 saturated heterocycles. The molecule has 1 aromatic carbocycles. The molecule has 0 aliphatic carbocycles.